The topological polar surface area (TPSA) is 86.3 Å². The second-order valence-corrected chi connectivity index (χ2v) is 5.99. The molecule has 3 rings (SSSR count). The number of nitrogens with one attached hydrogen (secondary N) is 1. The molecule has 1 aromatic carbocycles. The van der Waals surface area contributed by atoms with Crippen molar-refractivity contribution in [1.29, 1.82) is 5.26 Å². The molecule has 0 unspecified atom stereocenters. The predicted octanol–water partition coefficient (Wildman–Crippen LogP) is 3.75. The molecule has 0 aliphatic heterocycles. The van der Waals surface area contributed by atoms with Gasteiger partial charge >= 0.3 is 6.03 Å². The summed E-state index contributed by atoms with van der Waals surface area (Å²) in [6.45, 7) is 0.581. The number of nitriles is 1. The monoisotopic (exact) mass is 337 g/mol. The van der Waals surface area contributed by atoms with Gasteiger partial charge in [-0.1, -0.05) is 6.07 Å². The molecule has 1 heterocycles. The number of rotatable bonds is 5. The van der Waals surface area contributed by atoms with Crippen LogP contribution in [0.1, 0.15) is 40.9 Å². The van der Waals surface area contributed by atoms with Crippen LogP contribution in [-0.2, 0) is 13.0 Å². The van der Waals surface area contributed by atoms with Gasteiger partial charge < -0.3 is 14.6 Å². The largest absolute Gasteiger partial charge is 0.467 e. The van der Waals surface area contributed by atoms with Crippen molar-refractivity contribution in [3.05, 3.63) is 53.5 Å². The summed E-state index contributed by atoms with van der Waals surface area (Å²) in [5, 5.41) is 11.6. The maximum atomic E-state index is 12.6. The van der Waals surface area contributed by atoms with Crippen LogP contribution in [0, 0.1) is 11.3 Å². The number of benzene rings is 1. The Morgan fingerprint density at radius 3 is 2.96 bits per heavy atom. The summed E-state index contributed by atoms with van der Waals surface area (Å²) >= 11 is 0. The molecule has 2 amide bonds. The Kier molecular flexibility index (Phi) is 5.14. The van der Waals surface area contributed by atoms with Gasteiger partial charge in [-0.05, 0) is 42.7 Å². The van der Waals surface area contributed by atoms with Gasteiger partial charge in [-0.25, -0.2) is 4.79 Å². The molecule has 0 atom stereocenters. The number of anilines is 1. The average molecular weight is 337 g/mol. The number of carbonyl (C=O) groups excluding carboxylic acids is 2. The molecule has 25 heavy (non-hydrogen) atoms. The standard InChI is InChI=1S/C19H19N3O3/c20-9-3-10-22(13-16-5-2-11-25-16)19(24)21-15-8-7-14-4-1-6-18(23)17(14)12-15/h2,5,7-8,11-12H,1,3-4,6,10,13H2,(H,21,24). The smallest absolute Gasteiger partial charge is 0.322 e. The molecule has 0 bridgehead atoms. The van der Waals surface area contributed by atoms with E-state index in [9.17, 15) is 9.59 Å². The maximum Gasteiger partial charge on any atom is 0.322 e. The number of urea groups is 1. The van der Waals surface area contributed by atoms with Gasteiger partial charge in [0, 0.05) is 24.2 Å². The van der Waals surface area contributed by atoms with Crippen LogP contribution in [-0.4, -0.2) is 23.3 Å². The molecular formula is C19H19N3O3. The second-order valence-electron chi connectivity index (χ2n) is 5.99. The van der Waals surface area contributed by atoms with E-state index in [0.29, 0.717) is 30.0 Å². The van der Waals surface area contributed by atoms with Gasteiger partial charge in [0.1, 0.15) is 5.76 Å². The Bertz CT molecular complexity index is 806. The molecule has 0 saturated heterocycles. The fourth-order valence-electron chi connectivity index (χ4n) is 2.94. The van der Waals surface area contributed by atoms with Gasteiger partial charge in [0.15, 0.2) is 5.78 Å². The quantitative estimate of drug-likeness (QED) is 0.900. The summed E-state index contributed by atoms with van der Waals surface area (Å²) in [4.78, 5) is 26.1. The van der Waals surface area contributed by atoms with Crippen LogP contribution in [0.5, 0.6) is 0 Å². The van der Waals surface area contributed by atoms with Crippen molar-refractivity contribution in [1.82, 2.24) is 4.90 Å². The highest BCUT2D eigenvalue weighted by Gasteiger charge is 2.19. The molecule has 2 aromatic rings. The highest BCUT2D eigenvalue weighted by molar-refractivity contribution is 6.00. The lowest BCUT2D eigenvalue weighted by molar-refractivity contribution is 0.0972. The molecular weight excluding hydrogens is 318 g/mol. The molecule has 1 aromatic heterocycles. The Labute approximate surface area is 146 Å². The minimum Gasteiger partial charge on any atom is -0.467 e. The zero-order valence-corrected chi connectivity index (χ0v) is 13.8. The lowest BCUT2D eigenvalue weighted by Gasteiger charge is -2.22. The van der Waals surface area contributed by atoms with Crippen molar-refractivity contribution in [3.63, 3.8) is 0 Å². The SMILES string of the molecule is N#CCCN(Cc1ccco1)C(=O)Nc1ccc2c(c1)C(=O)CCC2. The van der Waals surface area contributed by atoms with Crippen LogP contribution in [0.3, 0.4) is 0 Å². The number of nitrogens with zero attached hydrogens (tertiary/aromatic N) is 2. The summed E-state index contributed by atoms with van der Waals surface area (Å²) in [5.74, 6) is 0.767. The number of fused-ring (bicyclic) bond motifs is 1. The van der Waals surface area contributed by atoms with E-state index >= 15 is 0 Å². The Balaban J connectivity index is 1.73. The molecule has 1 aliphatic rings. The van der Waals surface area contributed by atoms with Crippen LogP contribution < -0.4 is 5.32 Å². The molecule has 1 aliphatic carbocycles. The fourth-order valence-corrected chi connectivity index (χ4v) is 2.94. The lowest BCUT2D eigenvalue weighted by Crippen LogP contribution is -2.35. The number of amides is 2. The molecule has 1 N–H and O–H groups in total. The second kappa shape index (κ2) is 7.67. The number of aryl methyl sites for hydroxylation is 1. The lowest BCUT2D eigenvalue weighted by atomic mass is 9.90. The minimum absolute atomic E-state index is 0.120. The van der Waals surface area contributed by atoms with Gasteiger partial charge in [0.2, 0.25) is 0 Å². The van der Waals surface area contributed by atoms with Gasteiger partial charge in [-0.3, -0.25) is 4.79 Å². The van der Waals surface area contributed by atoms with Crippen LogP contribution in [0.15, 0.2) is 41.0 Å². The Hall–Kier alpha value is -3.07. The van der Waals surface area contributed by atoms with Gasteiger partial charge in [-0.15, -0.1) is 0 Å². The maximum absolute atomic E-state index is 12.6. The van der Waals surface area contributed by atoms with Gasteiger partial charge in [0.05, 0.1) is 25.3 Å². The van der Waals surface area contributed by atoms with Crippen molar-refractivity contribution >= 4 is 17.5 Å². The van der Waals surface area contributed by atoms with Crippen LogP contribution in [0.4, 0.5) is 10.5 Å². The van der Waals surface area contributed by atoms with Crippen LogP contribution in [0.25, 0.3) is 0 Å². The summed E-state index contributed by atoms with van der Waals surface area (Å²) in [6.07, 6.45) is 4.10. The molecule has 6 nitrogen and oxygen atoms in total. The van der Waals surface area contributed by atoms with E-state index in [-0.39, 0.29) is 24.8 Å². The van der Waals surface area contributed by atoms with Crippen molar-refractivity contribution < 1.29 is 14.0 Å². The summed E-state index contributed by atoms with van der Waals surface area (Å²) in [6, 6.07) is 10.7. The molecule has 6 heteroatoms. The number of ketones is 1. The van der Waals surface area contributed by atoms with Crippen molar-refractivity contribution in [2.24, 2.45) is 0 Å². The van der Waals surface area contributed by atoms with Crippen molar-refractivity contribution in [2.45, 2.75) is 32.2 Å². The summed E-state index contributed by atoms with van der Waals surface area (Å²) in [5.41, 5.74) is 2.31. The first-order chi connectivity index (χ1) is 12.2. The number of Topliss-reactive ketones (excluding diaryl/α,β-unsaturated/α-hetero) is 1. The molecule has 128 valence electrons. The molecule has 0 spiro atoms. The zero-order valence-electron chi connectivity index (χ0n) is 13.8. The summed E-state index contributed by atoms with van der Waals surface area (Å²) < 4.78 is 5.28. The van der Waals surface area contributed by atoms with E-state index in [1.54, 1.807) is 24.5 Å². The van der Waals surface area contributed by atoms with E-state index in [4.69, 9.17) is 9.68 Å². The minimum atomic E-state index is -0.324. The zero-order chi connectivity index (χ0) is 17.6. The van der Waals surface area contributed by atoms with E-state index in [0.717, 1.165) is 18.4 Å². The van der Waals surface area contributed by atoms with E-state index < -0.39 is 0 Å². The van der Waals surface area contributed by atoms with Crippen LogP contribution >= 0.6 is 0 Å². The predicted molar refractivity (Wildman–Crippen MR) is 92.1 cm³/mol. The first-order valence-electron chi connectivity index (χ1n) is 8.29. The molecule has 0 radical (unpaired) electrons. The van der Waals surface area contributed by atoms with E-state index in [1.165, 1.54) is 4.90 Å². The van der Waals surface area contributed by atoms with Gasteiger partial charge in [0.25, 0.3) is 0 Å². The number of hydrogen-bond donors (Lipinski definition) is 1. The van der Waals surface area contributed by atoms with Crippen molar-refractivity contribution in [3.8, 4) is 6.07 Å². The third kappa shape index (κ3) is 4.07. The van der Waals surface area contributed by atoms with Gasteiger partial charge in [-0.2, -0.15) is 5.26 Å². The Morgan fingerprint density at radius 1 is 1.32 bits per heavy atom. The van der Waals surface area contributed by atoms with E-state index in [1.807, 2.05) is 18.2 Å². The molecule has 0 saturated carbocycles. The van der Waals surface area contributed by atoms with E-state index in [2.05, 4.69) is 5.32 Å². The highest BCUT2D eigenvalue weighted by Crippen LogP contribution is 2.24. The first kappa shape index (κ1) is 16.8. The summed E-state index contributed by atoms with van der Waals surface area (Å²) in [7, 11) is 0. The van der Waals surface area contributed by atoms with Crippen molar-refractivity contribution in [2.75, 3.05) is 11.9 Å². The number of carbonyl (C=O) groups is 2. The highest BCUT2D eigenvalue weighted by atomic mass is 16.3. The normalized spacial score (nSPS) is 13.0. The number of hydrogen-bond acceptors (Lipinski definition) is 4. The third-order valence-corrected chi connectivity index (χ3v) is 4.22. The number of furan rings is 1. The average Bonchev–Trinajstić information content (AvgIpc) is 3.12. The first-order valence-corrected chi connectivity index (χ1v) is 8.29. The Morgan fingerprint density at radius 2 is 2.20 bits per heavy atom. The fraction of sp³-hybridized carbons (Fsp3) is 0.316. The third-order valence-electron chi connectivity index (χ3n) is 4.22. The van der Waals surface area contributed by atoms with Crippen LogP contribution in [0.2, 0.25) is 0 Å². The molecule has 0 fully saturated rings.